The van der Waals surface area contributed by atoms with E-state index in [0.717, 1.165) is 63.1 Å². The lowest BCUT2D eigenvalue weighted by Gasteiger charge is -2.35. The number of nitrogens with one attached hydrogen (secondary N) is 1. The SMILES string of the molecule is CNCc1cn2c(N3CCN(CCN)CC3)nccc2n1. The Hall–Kier alpha value is -1.70. The van der Waals surface area contributed by atoms with E-state index in [1.165, 1.54) is 0 Å². The van der Waals surface area contributed by atoms with Crippen LogP contribution in [-0.4, -0.2) is 65.6 Å². The van der Waals surface area contributed by atoms with E-state index < -0.39 is 0 Å². The normalized spacial score (nSPS) is 16.8. The molecule has 21 heavy (non-hydrogen) atoms. The summed E-state index contributed by atoms with van der Waals surface area (Å²) < 4.78 is 2.09. The summed E-state index contributed by atoms with van der Waals surface area (Å²) in [7, 11) is 1.93. The number of nitrogens with two attached hydrogens (primary N) is 1. The second-order valence-corrected chi connectivity index (χ2v) is 5.35. The van der Waals surface area contributed by atoms with Crippen molar-refractivity contribution in [3.63, 3.8) is 0 Å². The van der Waals surface area contributed by atoms with Gasteiger partial charge in [0, 0.05) is 58.2 Å². The van der Waals surface area contributed by atoms with Crippen molar-refractivity contribution in [2.24, 2.45) is 5.73 Å². The third-order valence-electron chi connectivity index (χ3n) is 3.87. The molecule has 0 amide bonds. The summed E-state index contributed by atoms with van der Waals surface area (Å²) in [6.45, 7) is 6.50. The van der Waals surface area contributed by atoms with Gasteiger partial charge in [0.2, 0.25) is 5.95 Å². The number of hydrogen-bond acceptors (Lipinski definition) is 6. The van der Waals surface area contributed by atoms with Crippen LogP contribution in [0.1, 0.15) is 5.69 Å². The number of hydrogen-bond donors (Lipinski definition) is 2. The van der Waals surface area contributed by atoms with Gasteiger partial charge in [0.15, 0.2) is 0 Å². The number of aromatic nitrogens is 3. The number of piperazine rings is 1. The van der Waals surface area contributed by atoms with Gasteiger partial charge in [-0.15, -0.1) is 0 Å². The van der Waals surface area contributed by atoms with Crippen LogP contribution in [0.3, 0.4) is 0 Å². The molecule has 1 aliphatic rings. The first-order valence-corrected chi connectivity index (χ1v) is 7.47. The largest absolute Gasteiger partial charge is 0.339 e. The first-order chi connectivity index (χ1) is 10.3. The Labute approximate surface area is 124 Å². The van der Waals surface area contributed by atoms with Crippen molar-refractivity contribution in [1.29, 1.82) is 0 Å². The van der Waals surface area contributed by atoms with E-state index in [1.807, 2.05) is 19.3 Å². The fourth-order valence-corrected chi connectivity index (χ4v) is 2.81. The lowest BCUT2D eigenvalue weighted by atomic mass is 10.3. The van der Waals surface area contributed by atoms with Crippen molar-refractivity contribution in [2.75, 3.05) is 51.2 Å². The standard InChI is InChI=1S/C14H23N7/c1-16-10-12-11-21-13(18-12)2-4-17-14(21)20-8-6-19(5-3-15)7-9-20/h2,4,11,16H,3,5-10,15H2,1H3. The zero-order valence-electron chi connectivity index (χ0n) is 12.5. The third-order valence-corrected chi connectivity index (χ3v) is 3.87. The highest BCUT2D eigenvalue weighted by molar-refractivity contribution is 5.48. The topological polar surface area (TPSA) is 74.7 Å². The van der Waals surface area contributed by atoms with Gasteiger partial charge in [-0.25, -0.2) is 9.97 Å². The molecule has 3 rings (SSSR count). The molecule has 7 nitrogen and oxygen atoms in total. The van der Waals surface area contributed by atoms with E-state index in [0.29, 0.717) is 0 Å². The highest BCUT2D eigenvalue weighted by atomic mass is 15.3. The summed E-state index contributed by atoms with van der Waals surface area (Å²) in [6, 6.07) is 1.95. The van der Waals surface area contributed by atoms with Crippen molar-refractivity contribution in [3.8, 4) is 0 Å². The predicted molar refractivity (Wildman–Crippen MR) is 83.5 cm³/mol. The van der Waals surface area contributed by atoms with E-state index in [1.54, 1.807) is 0 Å². The van der Waals surface area contributed by atoms with Crippen LogP contribution in [0.2, 0.25) is 0 Å². The van der Waals surface area contributed by atoms with Crippen LogP contribution >= 0.6 is 0 Å². The second kappa shape index (κ2) is 6.38. The molecule has 2 aromatic rings. The van der Waals surface area contributed by atoms with Crippen LogP contribution in [0.4, 0.5) is 5.95 Å². The average Bonchev–Trinajstić information content (AvgIpc) is 2.91. The minimum atomic E-state index is 0.725. The van der Waals surface area contributed by atoms with Gasteiger partial charge < -0.3 is 16.0 Å². The number of imidazole rings is 1. The fourth-order valence-electron chi connectivity index (χ4n) is 2.81. The highest BCUT2D eigenvalue weighted by Crippen LogP contribution is 2.16. The Morgan fingerprint density at radius 1 is 1.29 bits per heavy atom. The number of anilines is 1. The first-order valence-electron chi connectivity index (χ1n) is 7.47. The quantitative estimate of drug-likeness (QED) is 0.775. The molecule has 0 radical (unpaired) electrons. The van der Waals surface area contributed by atoms with Crippen LogP contribution in [0.25, 0.3) is 5.65 Å². The van der Waals surface area contributed by atoms with Gasteiger partial charge in [-0.05, 0) is 13.1 Å². The van der Waals surface area contributed by atoms with Crippen LogP contribution in [0.15, 0.2) is 18.5 Å². The summed E-state index contributed by atoms with van der Waals surface area (Å²) in [6.07, 6.45) is 3.91. The maximum absolute atomic E-state index is 5.62. The van der Waals surface area contributed by atoms with Crippen LogP contribution in [0.5, 0.6) is 0 Å². The maximum atomic E-state index is 5.62. The molecule has 0 spiro atoms. The van der Waals surface area contributed by atoms with Crippen molar-refractivity contribution >= 4 is 11.6 Å². The van der Waals surface area contributed by atoms with Gasteiger partial charge in [-0.2, -0.15) is 0 Å². The number of rotatable bonds is 5. The van der Waals surface area contributed by atoms with E-state index in [4.69, 9.17) is 5.73 Å². The minimum Gasteiger partial charge on any atom is -0.339 e. The molecule has 3 N–H and O–H groups in total. The van der Waals surface area contributed by atoms with Gasteiger partial charge in [0.05, 0.1) is 5.69 Å². The number of fused-ring (bicyclic) bond motifs is 1. The molecule has 0 atom stereocenters. The Morgan fingerprint density at radius 3 is 2.81 bits per heavy atom. The van der Waals surface area contributed by atoms with Crippen molar-refractivity contribution in [2.45, 2.75) is 6.54 Å². The molecule has 1 aliphatic heterocycles. The molecular weight excluding hydrogens is 266 g/mol. The smallest absolute Gasteiger partial charge is 0.211 e. The van der Waals surface area contributed by atoms with E-state index in [2.05, 4.69) is 35.7 Å². The van der Waals surface area contributed by atoms with Crippen LogP contribution < -0.4 is 16.0 Å². The second-order valence-electron chi connectivity index (χ2n) is 5.35. The fraction of sp³-hybridized carbons (Fsp3) is 0.571. The summed E-state index contributed by atoms with van der Waals surface area (Å²) in [5.74, 6) is 0.981. The summed E-state index contributed by atoms with van der Waals surface area (Å²) >= 11 is 0. The van der Waals surface area contributed by atoms with Gasteiger partial charge >= 0.3 is 0 Å². The summed E-state index contributed by atoms with van der Waals surface area (Å²) in [5, 5.41) is 3.14. The molecule has 0 bridgehead atoms. The van der Waals surface area contributed by atoms with E-state index in [9.17, 15) is 0 Å². The minimum absolute atomic E-state index is 0.725. The third kappa shape index (κ3) is 2.99. The van der Waals surface area contributed by atoms with Gasteiger partial charge in [-0.3, -0.25) is 9.30 Å². The van der Waals surface area contributed by atoms with Gasteiger partial charge in [0.25, 0.3) is 0 Å². The molecule has 0 aromatic carbocycles. The lowest BCUT2D eigenvalue weighted by molar-refractivity contribution is 0.263. The van der Waals surface area contributed by atoms with Crippen LogP contribution in [-0.2, 0) is 6.54 Å². The molecule has 0 aliphatic carbocycles. The molecular formula is C14H23N7. The highest BCUT2D eigenvalue weighted by Gasteiger charge is 2.19. The molecule has 3 heterocycles. The maximum Gasteiger partial charge on any atom is 0.211 e. The van der Waals surface area contributed by atoms with Crippen molar-refractivity contribution < 1.29 is 0 Å². The first kappa shape index (κ1) is 14.2. The number of nitrogens with zero attached hydrogens (tertiary/aromatic N) is 5. The Kier molecular flexibility index (Phi) is 4.33. The predicted octanol–water partition coefficient (Wildman–Crippen LogP) is -0.471. The van der Waals surface area contributed by atoms with Crippen LogP contribution in [0, 0.1) is 0 Å². The molecule has 2 aromatic heterocycles. The Bertz CT molecular complexity index is 586. The van der Waals surface area contributed by atoms with E-state index >= 15 is 0 Å². The monoisotopic (exact) mass is 289 g/mol. The van der Waals surface area contributed by atoms with Crippen molar-refractivity contribution in [3.05, 3.63) is 24.2 Å². The summed E-state index contributed by atoms with van der Waals surface area (Å²) in [4.78, 5) is 13.9. The molecule has 7 heteroatoms. The Balaban J connectivity index is 1.80. The zero-order valence-corrected chi connectivity index (χ0v) is 12.5. The zero-order chi connectivity index (χ0) is 14.7. The van der Waals surface area contributed by atoms with E-state index in [-0.39, 0.29) is 0 Å². The lowest BCUT2D eigenvalue weighted by Crippen LogP contribution is -2.48. The average molecular weight is 289 g/mol. The Morgan fingerprint density at radius 2 is 2.10 bits per heavy atom. The molecule has 114 valence electrons. The summed E-state index contributed by atoms with van der Waals surface area (Å²) in [5.41, 5.74) is 7.61. The van der Waals surface area contributed by atoms with Crippen molar-refractivity contribution in [1.82, 2.24) is 24.6 Å². The molecule has 0 unspecified atom stereocenters. The molecule has 1 saturated heterocycles. The molecule has 0 saturated carbocycles. The molecule has 1 fully saturated rings. The van der Waals surface area contributed by atoms with Gasteiger partial charge in [-0.1, -0.05) is 0 Å². The van der Waals surface area contributed by atoms with Gasteiger partial charge in [0.1, 0.15) is 5.65 Å².